The molecular weight excluding hydrogens is 711 g/mol. The average Bonchev–Trinajstić information content (AvgIpc) is 3.63. The highest BCUT2D eigenvalue weighted by Crippen LogP contribution is 2.56. The lowest BCUT2D eigenvalue weighted by Gasteiger charge is -2.47. The molecule has 0 fully saturated rings. The molecule has 0 N–H and O–H groups in total. The lowest BCUT2D eigenvalue weighted by molar-refractivity contribution is 0.332. The molecule has 0 unspecified atom stereocenters. The third-order valence-corrected chi connectivity index (χ3v) is 16.4. The van der Waals surface area contributed by atoms with Gasteiger partial charge in [0.15, 0.2) is 0 Å². The highest BCUT2D eigenvalue weighted by Gasteiger charge is 2.49. The number of benzene rings is 5. The Kier molecular flexibility index (Phi) is 7.15. The minimum absolute atomic E-state index is 0.0131. The van der Waals surface area contributed by atoms with Gasteiger partial charge in [-0.2, -0.15) is 0 Å². The van der Waals surface area contributed by atoms with Crippen molar-refractivity contribution in [3.63, 3.8) is 0 Å². The standard InChI is InChI=1S/C56H63BN2/c1-32-25-45-48-46(26-32)59-49-36(47-50(59)35-17-15-16-18-37(35)56(47,13)14)27-33(51(2,3)4)28-43(49)57(48)42-30-40-41(55(11,12)24-23-54(40,9)10)31-44(42)58(45)34-19-20-38-39(29-34)53(7,8)22-21-52(38,5)6/h15-20,25-31H,21-24H2,1-14H3. The molecule has 3 heteroatoms. The van der Waals surface area contributed by atoms with Crippen molar-refractivity contribution in [3.05, 3.63) is 123 Å². The van der Waals surface area contributed by atoms with Gasteiger partial charge in [-0.1, -0.05) is 132 Å². The van der Waals surface area contributed by atoms with Gasteiger partial charge in [-0.15, -0.1) is 0 Å². The zero-order valence-electron chi connectivity index (χ0n) is 38.3. The Bertz CT molecular complexity index is 2860. The van der Waals surface area contributed by atoms with E-state index < -0.39 is 0 Å². The first-order chi connectivity index (χ1) is 27.5. The van der Waals surface area contributed by atoms with Crippen LogP contribution in [-0.4, -0.2) is 11.3 Å². The van der Waals surface area contributed by atoms with Gasteiger partial charge < -0.3 is 9.47 Å². The number of anilines is 3. The van der Waals surface area contributed by atoms with E-state index >= 15 is 0 Å². The molecule has 6 aromatic rings. The molecule has 3 heterocycles. The third-order valence-electron chi connectivity index (χ3n) is 16.4. The molecule has 0 amide bonds. The molecule has 0 atom stereocenters. The number of hydrogen-bond acceptors (Lipinski definition) is 1. The molecule has 0 spiro atoms. The van der Waals surface area contributed by atoms with Gasteiger partial charge in [0.05, 0.1) is 5.69 Å². The second-order valence-electron chi connectivity index (χ2n) is 23.6. The van der Waals surface area contributed by atoms with E-state index in [4.69, 9.17) is 0 Å². The van der Waals surface area contributed by atoms with Crippen LogP contribution >= 0.6 is 0 Å². The summed E-state index contributed by atoms with van der Waals surface area (Å²) >= 11 is 0. The van der Waals surface area contributed by atoms with Gasteiger partial charge in [0.2, 0.25) is 0 Å². The quantitative estimate of drug-likeness (QED) is 0.151. The number of aromatic nitrogens is 1. The van der Waals surface area contributed by atoms with Gasteiger partial charge in [-0.05, 0) is 157 Å². The highest BCUT2D eigenvalue weighted by atomic mass is 15.2. The fourth-order valence-electron chi connectivity index (χ4n) is 12.7. The molecule has 2 nitrogen and oxygen atoms in total. The summed E-state index contributed by atoms with van der Waals surface area (Å²) in [5.74, 6) is 0. The summed E-state index contributed by atoms with van der Waals surface area (Å²) in [6, 6.07) is 32.4. The largest absolute Gasteiger partial charge is 0.311 e. The van der Waals surface area contributed by atoms with Crippen LogP contribution in [0, 0.1) is 6.92 Å². The molecule has 5 aliphatic rings. The van der Waals surface area contributed by atoms with Crippen LogP contribution in [0.5, 0.6) is 0 Å². The van der Waals surface area contributed by atoms with Crippen molar-refractivity contribution in [2.24, 2.45) is 0 Å². The van der Waals surface area contributed by atoms with Crippen LogP contribution in [0.1, 0.15) is 160 Å². The van der Waals surface area contributed by atoms with Crippen molar-refractivity contribution < 1.29 is 0 Å². The fraction of sp³-hybridized carbons (Fsp3) is 0.429. The van der Waals surface area contributed by atoms with Crippen LogP contribution in [0.2, 0.25) is 0 Å². The summed E-state index contributed by atoms with van der Waals surface area (Å²) < 4.78 is 2.73. The van der Waals surface area contributed by atoms with Crippen LogP contribution in [0.15, 0.2) is 78.9 Å². The van der Waals surface area contributed by atoms with E-state index in [9.17, 15) is 0 Å². The predicted octanol–water partition coefficient (Wildman–Crippen LogP) is 12.9. The van der Waals surface area contributed by atoms with Crippen molar-refractivity contribution in [1.82, 2.24) is 4.57 Å². The van der Waals surface area contributed by atoms with Gasteiger partial charge in [0.25, 0.3) is 6.71 Å². The van der Waals surface area contributed by atoms with Crippen LogP contribution in [-0.2, 0) is 32.5 Å². The van der Waals surface area contributed by atoms with Crippen LogP contribution in [0.4, 0.5) is 17.1 Å². The van der Waals surface area contributed by atoms with Gasteiger partial charge >= 0.3 is 0 Å². The second-order valence-corrected chi connectivity index (χ2v) is 23.6. The summed E-state index contributed by atoms with van der Waals surface area (Å²) in [5, 5.41) is 1.43. The monoisotopic (exact) mass is 775 g/mol. The van der Waals surface area contributed by atoms with Gasteiger partial charge in [0.1, 0.15) is 0 Å². The molecule has 0 bridgehead atoms. The Hall–Kier alpha value is -4.50. The predicted molar refractivity (Wildman–Crippen MR) is 254 cm³/mol. The lowest BCUT2D eigenvalue weighted by atomic mass is 9.33. The Morgan fingerprint density at radius 1 is 0.559 bits per heavy atom. The molecule has 2 aliphatic heterocycles. The Balaban J connectivity index is 1.32. The molecular formula is C56H63BN2. The van der Waals surface area contributed by atoms with Crippen molar-refractivity contribution in [2.45, 2.75) is 155 Å². The van der Waals surface area contributed by atoms with Gasteiger partial charge in [-0.25, -0.2) is 0 Å². The minimum atomic E-state index is -0.127. The molecule has 59 heavy (non-hydrogen) atoms. The van der Waals surface area contributed by atoms with E-state index in [1.165, 1.54) is 126 Å². The van der Waals surface area contributed by atoms with Crippen molar-refractivity contribution in [1.29, 1.82) is 0 Å². The molecule has 11 rings (SSSR count). The Morgan fingerprint density at radius 3 is 1.81 bits per heavy atom. The van der Waals surface area contributed by atoms with E-state index in [1.54, 1.807) is 5.56 Å². The van der Waals surface area contributed by atoms with Crippen molar-refractivity contribution in [3.8, 4) is 16.9 Å². The van der Waals surface area contributed by atoms with Crippen molar-refractivity contribution in [2.75, 3.05) is 4.90 Å². The van der Waals surface area contributed by atoms with Gasteiger partial charge in [-0.3, -0.25) is 0 Å². The van der Waals surface area contributed by atoms with Crippen LogP contribution in [0.3, 0.4) is 0 Å². The van der Waals surface area contributed by atoms with Gasteiger partial charge in [0, 0.05) is 44.6 Å². The first-order valence-electron chi connectivity index (χ1n) is 22.7. The van der Waals surface area contributed by atoms with E-state index in [0.717, 1.165) is 0 Å². The van der Waals surface area contributed by atoms with E-state index in [0.29, 0.717) is 0 Å². The number of fused-ring (bicyclic) bond motifs is 11. The third kappa shape index (κ3) is 4.83. The number of nitrogens with zero attached hydrogens (tertiary/aromatic N) is 2. The molecule has 0 saturated heterocycles. The van der Waals surface area contributed by atoms with Crippen LogP contribution in [0.25, 0.3) is 27.8 Å². The second kappa shape index (κ2) is 11.2. The Labute approximate surface area is 354 Å². The lowest BCUT2D eigenvalue weighted by Crippen LogP contribution is -2.61. The number of aryl methyl sites for hydroxylation is 1. The van der Waals surface area contributed by atoms with Crippen molar-refractivity contribution >= 4 is 51.1 Å². The maximum absolute atomic E-state index is 2.73. The minimum Gasteiger partial charge on any atom is -0.311 e. The van der Waals surface area contributed by atoms with E-state index in [2.05, 4.69) is 185 Å². The summed E-state index contributed by atoms with van der Waals surface area (Å²) in [6.45, 7) is 34.4. The van der Waals surface area contributed by atoms with Crippen LogP contribution < -0.4 is 21.3 Å². The molecule has 300 valence electrons. The first-order valence-corrected chi connectivity index (χ1v) is 22.7. The number of hydrogen-bond donors (Lipinski definition) is 0. The molecule has 5 aromatic carbocycles. The summed E-state index contributed by atoms with van der Waals surface area (Å²) in [6.07, 6.45) is 4.81. The molecule has 1 aromatic heterocycles. The summed E-state index contributed by atoms with van der Waals surface area (Å²) in [4.78, 5) is 2.71. The molecule has 0 saturated carbocycles. The van der Waals surface area contributed by atoms with E-state index in [-0.39, 0.29) is 39.2 Å². The topological polar surface area (TPSA) is 8.17 Å². The zero-order chi connectivity index (χ0) is 41.7. The summed E-state index contributed by atoms with van der Waals surface area (Å²) in [7, 11) is 0. The highest BCUT2D eigenvalue weighted by molar-refractivity contribution is 7.00. The fourth-order valence-corrected chi connectivity index (χ4v) is 12.7. The number of rotatable bonds is 1. The summed E-state index contributed by atoms with van der Waals surface area (Å²) in [5.41, 5.74) is 26.0. The van der Waals surface area contributed by atoms with E-state index in [1.807, 2.05) is 0 Å². The normalized spacial score (nSPS) is 20.4. The maximum atomic E-state index is 2.73. The zero-order valence-corrected chi connectivity index (χ0v) is 38.3. The SMILES string of the molecule is Cc1cc2c3c(c1)-n1c4c(c5cc(C(C)(C)C)cc(c51)B3c1cc3c(cc1N2c1ccc2c(c1)C(C)(C)CCC2(C)C)C(C)(C)CCC3(C)C)C(C)(C)c1ccccc1-4. The first kappa shape index (κ1) is 37.5. The molecule has 0 radical (unpaired) electrons. The Morgan fingerprint density at radius 2 is 1.15 bits per heavy atom. The molecule has 3 aliphatic carbocycles. The maximum Gasteiger partial charge on any atom is 0.252 e. The average molecular weight is 775 g/mol. The smallest absolute Gasteiger partial charge is 0.252 e.